The van der Waals surface area contributed by atoms with E-state index in [0.29, 0.717) is 11.6 Å². The van der Waals surface area contributed by atoms with Gasteiger partial charge in [-0.1, -0.05) is 6.07 Å². The zero-order chi connectivity index (χ0) is 13.2. The molecule has 3 rings (SSSR count). The smallest absolute Gasteiger partial charge is 0.335 e. The molecule has 5 heteroatoms. The van der Waals surface area contributed by atoms with Gasteiger partial charge < -0.3 is 10.4 Å². The molecule has 1 aromatic heterocycles. The predicted octanol–water partition coefficient (Wildman–Crippen LogP) is 2.10. The molecule has 2 aromatic rings. The first-order chi connectivity index (χ1) is 9.22. The number of carbonyl (C=O) groups is 1. The van der Waals surface area contributed by atoms with Crippen molar-refractivity contribution in [3.63, 3.8) is 0 Å². The molecular weight excluding hydrogens is 260 g/mol. The molecule has 1 aromatic carbocycles. The lowest BCUT2D eigenvalue weighted by Crippen LogP contribution is -2.28. The lowest BCUT2D eigenvalue weighted by Gasteiger charge is -2.10. The molecule has 0 fully saturated rings. The number of nitrogens with zero attached hydrogens (tertiary/aromatic N) is 1. The van der Waals surface area contributed by atoms with Crippen LogP contribution < -0.4 is 5.32 Å². The van der Waals surface area contributed by atoms with E-state index in [1.807, 2.05) is 17.8 Å². The molecule has 1 atom stereocenters. The van der Waals surface area contributed by atoms with Gasteiger partial charge in [-0.2, -0.15) is 0 Å². The first kappa shape index (κ1) is 12.3. The average molecular weight is 274 g/mol. The first-order valence-corrected chi connectivity index (χ1v) is 7.06. The highest BCUT2D eigenvalue weighted by Gasteiger charge is 2.22. The van der Waals surface area contributed by atoms with E-state index >= 15 is 0 Å². The maximum Gasteiger partial charge on any atom is 0.335 e. The van der Waals surface area contributed by atoms with Crippen LogP contribution in [0.15, 0.2) is 29.9 Å². The summed E-state index contributed by atoms with van der Waals surface area (Å²) in [7, 11) is 0. The first-order valence-electron chi connectivity index (χ1n) is 6.18. The van der Waals surface area contributed by atoms with Crippen molar-refractivity contribution in [2.45, 2.75) is 25.4 Å². The van der Waals surface area contributed by atoms with Crippen LogP contribution in [0, 0.1) is 0 Å². The Hall–Kier alpha value is -1.72. The van der Waals surface area contributed by atoms with Crippen LogP contribution in [0.5, 0.6) is 0 Å². The maximum absolute atomic E-state index is 10.9. The predicted molar refractivity (Wildman–Crippen MR) is 73.6 cm³/mol. The number of aromatic carboxylic acids is 1. The van der Waals surface area contributed by atoms with E-state index in [-0.39, 0.29) is 0 Å². The van der Waals surface area contributed by atoms with Gasteiger partial charge in [0.1, 0.15) is 0 Å². The van der Waals surface area contributed by atoms with Crippen molar-refractivity contribution < 1.29 is 9.90 Å². The largest absolute Gasteiger partial charge is 0.478 e. The van der Waals surface area contributed by atoms with Gasteiger partial charge in [0.2, 0.25) is 0 Å². The third-order valence-corrected chi connectivity index (χ3v) is 4.21. The minimum atomic E-state index is -0.858. The van der Waals surface area contributed by atoms with Crippen LogP contribution in [0.25, 0.3) is 0 Å². The Kier molecular flexibility index (Phi) is 3.31. The third-order valence-electron chi connectivity index (χ3n) is 3.43. The van der Waals surface area contributed by atoms with E-state index in [0.717, 1.165) is 24.9 Å². The highest BCUT2D eigenvalue weighted by atomic mass is 32.1. The second-order valence-corrected chi connectivity index (χ2v) is 5.71. The van der Waals surface area contributed by atoms with E-state index in [4.69, 9.17) is 5.11 Å². The molecule has 98 valence electrons. The zero-order valence-corrected chi connectivity index (χ0v) is 11.1. The van der Waals surface area contributed by atoms with Gasteiger partial charge in [-0.15, -0.1) is 11.3 Å². The topological polar surface area (TPSA) is 62.2 Å². The number of benzene rings is 1. The van der Waals surface area contributed by atoms with Crippen molar-refractivity contribution >= 4 is 17.3 Å². The van der Waals surface area contributed by atoms with E-state index in [9.17, 15) is 4.79 Å². The van der Waals surface area contributed by atoms with Crippen LogP contribution in [0.4, 0.5) is 0 Å². The van der Waals surface area contributed by atoms with Crippen LogP contribution in [0.1, 0.15) is 26.4 Å². The molecule has 0 bridgehead atoms. The summed E-state index contributed by atoms with van der Waals surface area (Å²) in [6.45, 7) is 0.828. The Morgan fingerprint density at radius 1 is 1.42 bits per heavy atom. The van der Waals surface area contributed by atoms with Gasteiger partial charge in [0, 0.05) is 23.7 Å². The molecule has 19 heavy (non-hydrogen) atoms. The van der Waals surface area contributed by atoms with Gasteiger partial charge in [-0.3, -0.25) is 4.98 Å². The highest BCUT2D eigenvalue weighted by Crippen LogP contribution is 2.24. The van der Waals surface area contributed by atoms with Crippen molar-refractivity contribution in [2.24, 2.45) is 0 Å². The van der Waals surface area contributed by atoms with Crippen molar-refractivity contribution in [2.75, 3.05) is 0 Å². The van der Waals surface area contributed by atoms with Gasteiger partial charge in [0.05, 0.1) is 11.1 Å². The summed E-state index contributed by atoms with van der Waals surface area (Å²) in [6, 6.07) is 5.81. The molecule has 4 nitrogen and oxygen atoms in total. The number of nitrogens with one attached hydrogen (secondary N) is 1. The second-order valence-electron chi connectivity index (χ2n) is 4.74. The van der Waals surface area contributed by atoms with Gasteiger partial charge in [-0.25, -0.2) is 4.79 Å². The van der Waals surface area contributed by atoms with Gasteiger partial charge >= 0.3 is 5.97 Å². The highest BCUT2D eigenvalue weighted by molar-refractivity contribution is 7.09. The number of hydrogen-bond acceptors (Lipinski definition) is 4. The summed E-state index contributed by atoms with van der Waals surface area (Å²) in [6.07, 6.45) is 3.74. The van der Waals surface area contributed by atoms with Gasteiger partial charge in [0.15, 0.2) is 0 Å². The molecule has 1 unspecified atom stereocenters. The quantitative estimate of drug-likeness (QED) is 0.896. The minimum Gasteiger partial charge on any atom is -0.478 e. The molecule has 0 aliphatic heterocycles. The molecule has 0 spiro atoms. The monoisotopic (exact) mass is 274 g/mol. The van der Waals surface area contributed by atoms with Crippen LogP contribution in [0.2, 0.25) is 0 Å². The fourth-order valence-corrected chi connectivity index (χ4v) is 3.02. The third kappa shape index (κ3) is 2.67. The minimum absolute atomic E-state index is 0.377. The number of thiazole rings is 1. The van der Waals surface area contributed by atoms with E-state index < -0.39 is 5.97 Å². The summed E-state index contributed by atoms with van der Waals surface area (Å²) in [5.41, 5.74) is 4.62. The number of carboxylic acid groups (broad SMARTS) is 1. The SMILES string of the molecule is O=C(O)c1ccc2c(c1)CC(NCc1cncs1)C2. The second kappa shape index (κ2) is 5.11. The molecule has 0 radical (unpaired) electrons. The summed E-state index contributed by atoms with van der Waals surface area (Å²) in [5, 5.41) is 12.5. The summed E-state index contributed by atoms with van der Waals surface area (Å²) >= 11 is 1.65. The number of fused-ring (bicyclic) bond motifs is 1. The maximum atomic E-state index is 10.9. The fraction of sp³-hybridized carbons (Fsp3) is 0.286. The number of aromatic nitrogens is 1. The molecular formula is C14H14N2O2S. The summed E-state index contributed by atoms with van der Waals surface area (Å²) in [4.78, 5) is 16.2. The average Bonchev–Trinajstić information content (AvgIpc) is 3.04. The Morgan fingerprint density at radius 3 is 3.00 bits per heavy atom. The van der Waals surface area contributed by atoms with Crippen molar-refractivity contribution in [3.05, 3.63) is 51.5 Å². The van der Waals surface area contributed by atoms with Crippen molar-refractivity contribution in [1.29, 1.82) is 0 Å². The summed E-state index contributed by atoms with van der Waals surface area (Å²) < 4.78 is 0. The van der Waals surface area contributed by atoms with Crippen molar-refractivity contribution in [1.82, 2.24) is 10.3 Å². The fourth-order valence-electron chi connectivity index (χ4n) is 2.47. The molecule has 1 aliphatic carbocycles. The summed E-state index contributed by atoms with van der Waals surface area (Å²) in [5.74, 6) is -0.858. The molecule has 1 aliphatic rings. The van der Waals surface area contributed by atoms with Gasteiger partial charge in [0.25, 0.3) is 0 Å². The van der Waals surface area contributed by atoms with Crippen molar-refractivity contribution in [3.8, 4) is 0 Å². The van der Waals surface area contributed by atoms with Crippen LogP contribution in [-0.4, -0.2) is 22.1 Å². The molecule has 2 N–H and O–H groups in total. The van der Waals surface area contributed by atoms with Gasteiger partial charge in [-0.05, 0) is 36.1 Å². The number of rotatable bonds is 4. The number of carboxylic acids is 1. The standard InChI is InChI=1S/C14H14N2O2S/c17-14(18)10-2-1-9-4-12(5-11(9)3-10)16-7-13-6-15-8-19-13/h1-3,6,8,12,16H,4-5,7H2,(H,17,18). The number of hydrogen-bond donors (Lipinski definition) is 2. The zero-order valence-electron chi connectivity index (χ0n) is 10.3. The van der Waals surface area contributed by atoms with E-state index in [1.54, 1.807) is 23.5 Å². The lowest BCUT2D eigenvalue weighted by atomic mass is 10.1. The van der Waals surface area contributed by atoms with Crippen LogP contribution in [0.3, 0.4) is 0 Å². The molecule has 1 heterocycles. The van der Waals surface area contributed by atoms with E-state index in [1.165, 1.54) is 10.4 Å². The molecule has 0 saturated carbocycles. The Morgan fingerprint density at radius 2 is 2.26 bits per heavy atom. The van der Waals surface area contributed by atoms with Crippen LogP contribution in [-0.2, 0) is 19.4 Å². The lowest BCUT2D eigenvalue weighted by molar-refractivity contribution is 0.0697. The molecule has 0 amide bonds. The Bertz CT molecular complexity index is 595. The molecule has 0 saturated heterocycles. The Balaban J connectivity index is 1.65. The normalized spacial score (nSPS) is 17.4. The van der Waals surface area contributed by atoms with Crippen LogP contribution >= 0.6 is 11.3 Å². The Labute approximate surface area is 115 Å². The van der Waals surface area contributed by atoms with E-state index in [2.05, 4.69) is 10.3 Å².